The highest BCUT2D eigenvalue weighted by Crippen LogP contribution is 2.27. The van der Waals surface area contributed by atoms with Crippen LogP contribution in [0.4, 0.5) is 5.82 Å². The molecule has 0 saturated carbocycles. The van der Waals surface area contributed by atoms with Gasteiger partial charge in [-0.2, -0.15) is 0 Å². The van der Waals surface area contributed by atoms with E-state index in [0.717, 1.165) is 41.5 Å². The summed E-state index contributed by atoms with van der Waals surface area (Å²) < 4.78 is 0. The van der Waals surface area contributed by atoms with Crippen molar-refractivity contribution in [1.82, 2.24) is 10.3 Å². The largest absolute Gasteiger partial charge is 0.356 e. The molecule has 0 aliphatic carbocycles. The van der Waals surface area contributed by atoms with Crippen LogP contribution in [0.25, 0.3) is 0 Å². The average molecular weight is 254 g/mol. The number of aromatic nitrogens is 1. The van der Waals surface area contributed by atoms with Crippen molar-refractivity contribution < 1.29 is 0 Å². The first kappa shape index (κ1) is 12.7. The number of halogens is 1. The lowest BCUT2D eigenvalue weighted by Gasteiger charge is -2.18. The monoisotopic (exact) mass is 253 g/mol. The summed E-state index contributed by atoms with van der Waals surface area (Å²) in [5.74, 6) is 2.52. The van der Waals surface area contributed by atoms with Crippen molar-refractivity contribution >= 4 is 17.4 Å². The lowest BCUT2D eigenvalue weighted by atomic mass is 10.0. The Morgan fingerprint density at radius 2 is 2.00 bits per heavy atom. The van der Waals surface area contributed by atoms with E-state index in [-0.39, 0.29) is 0 Å². The second-order valence-corrected chi connectivity index (χ2v) is 5.40. The summed E-state index contributed by atoms with van der Waals surface area (Å²) in [6, 6.07) is 3.97. The molecule has 0 radical (unpaired) electrons. The summed E-state index contributed by atoms with van der Waals surface area (Å²) >= 11 is 6.12. The third kappa shape index (κ3) is 2.72. The maximum absolute atomic E-state index is 6.12. The second kappa shape index (κ2) is 5.23. The fourth-order valence-electron chi connectivity index (χ4n) is 2.26. The van der Waals surface area contributed by atoms with Gasteiger partial charge in [-0.3, -0.25) is 0 Å². The lowest BCUT2D eigenvalue weighted by Crippen LogP contribution is -2.21. The quantitative estimate of drug-likeness (QED) is 0.898. The molecule has 1 N–H and O–H groups in total. The van der Waals surface area contributed by atoms with Gasteiger partial charge in [0.1, 0.15) is 5.82 Å². The molecule has 0 amide bonds. The molecule has 17 heavy (non-hydrogen) atoms. The molecule has 2 heterocycles. The predicted molar refractivity (Wildman–Crippen MR) is 72.6 cm³/mol. The molecule has 1 fully saturated rings. The van der Waals surface area contributed by atoms with Gasteiger partial charge in [-0.1, -0.05) is 25.4 Å². The number of hydrogen-bond acceptors (Lipinski definition) is 3. The Morgan fingerprint density at radius 3 is 2.59 bits per heavy atom. The SMILES string of the molecule is CNCc1nc(N2CC(C)C(C)C2)ccc1Cl. The maximum atomic E-state index is 6.12. The summed E-state index contributed by atoms with van der Waals surface area (Å²) in [4.78, 5) is 7.00. The number of rotatable bonds is 3. The third-order valence-corrected chi connectivity index (χ3v) is 3.90. The van der Waals surface area contributed by atoms with Crippen LogP contribution in [0, 0.1) is 11.8 Å². The molecule has 94 valence electrons. The van der Waals surface area contributed by atoms with Crippen LogP contribution in [0.1, 0.15) is 19.5 Å². The minimum atomic E-state index is 0.714. The van der Waals surface area contributed by atoms with E-state index in [0.29, 0.717) is 6.54 Å². The van der Waals surface area contributed by atoms with Crippen molar-refractivity contribution in [2.75, 3.05) is 25.0 Å². The number of nitrogens with one attached hydrogen (secondary N) is 1. The highest BCUT2D eigenvalue weighted by atomic mass is 35.5. The molecule has 4 heteroatoms. The van der Waals surface area contributed by atoms with Gasteiger partial charge in [0, 0.05) is 19.6 Å². The molecule has 0 spiro atoms. The van der Waals surface area contributed by atoms with Crippen molar-refractivity contribution in [3.05, 3.63) is 22.8 Å². The van der Waals surface area contributed by atoms with Gasteiger partial charge in [-0.05, 0) is 31.0 Å². The Labute approximate surface area is 108 Å². The van der Waals surface area contributed by atoms with Crippen LogP contribution < -0.4 is 10.2 Å². The van der Waals surface area contributed by atoms with Gasteiger partial charge in [-0.15, -0.1) is 0 Å². The van der Waals surface area contributed by atoms with Crippen LogP contribution in [0.3, 0.4) is 0 Å². The molecule has 0 aromatic carbocycles. The van der Waals surface area contributed by atoms with Gasteiger partial charge in [0.05, 0.1) is 10.7 Å². The van der Waals surface area contributed by atoms with Crippen LogP contribution in [0.5, 0.6) is 0 Å². The van der Waals surface area contributed by atoms with Crippen molar-refractivity contribution in [2.45, 2.75) is 20.4 Å². The molecule has 2 rings (SSSR count). The molecule has 2 unspecified atom stereocenters. The zero-order valence-corrected chi connectivity index (χ0v) is 11.5. The molecule has 3 nitrogen and oxygen atoms in total. The minimum Gasteiger partial charge on any atom is -0.356 e. The molecular weight excluding hydrogens is 234 g/mol. The van der Waals surface area contributed by atoms with Crippen LogP contribution in [0.2, 0.25) is 5.02 Å². The second-order valence-electron chi connectivity index (χ2n) is 4.99. The first-order valence-corrected chi connectivity index (χ1v) is 6.54. The number of nitrogens with zero attached hydrogens (tertiary/aromatic N) is 2. The maximum Gasteiger partial charge on any atom is 0.128 e. The summed E-state index contributed by atoms with van der Waals surface area (Å²) in [6.45, 7) is 7.50. The Bertz CT molecular complexity index is 384. The first-order chi connectivity index (χ1) is 8.11. The summed E-state index contributed by atoms with van der Waals surface area (Å²) in [5, 5.41) is 3.83. The van der Waals surface area contributed by atoms with Crippen LogP contribution in [-0.4, -0.2) is 25.1 Å². The Kier molecular flexibility index (Phi) is 3.89. The fourth-order valence-corrected chi connectivity index (χ4v) is 2.43. The van der Waals surface area contributed by atoms with E-state index in [2.05, 4.69) is 29.0 Å². The van der Waals surface area contributed by atoms with E-state index >= 15 is 0 Å². The standard InChI is InChI=1S/C13H20ClN3/c1-9-7-17(8-10(9)2)13-5-4-11(14)12(16-13)6-15-3/h4-5,9-10,15H,6-8H2,1-3H3. The minimum absolute atomic E-state index is 0.714. The van der Waals surface area contributed by atoms with Crippen molar-refractivity contribution in [3.63, 3.8) is 0 Å². The number of hydrogen-bond donors (Lipinski definition) is 1. The molecule has 1 aromatic rings. The Morgan fingerprint density at radius 1 is 1.35 bits per heavy atom. The topological polar surface area (TPSA) is 28.2 Å². The van der Waals surface area contributed by atoms with Gasteiger partial charge < -0.3 is 10.2 Å². The van der Waals surface area contributed by atoms with Crippen LogP contribution in [0.15, 0.2) is 12.1 Å². The zero-order valence-electron chi connectivity index (χ0n) is 10.7. The van der Waals surface area contributed by atoms with Gasteiger partial charge in [0.15, 0.2) is 0 Å². The summed E-state index contributed by atoms with van der Waals surface area (Å²) in [7, 11) is 1.91. The molecule has 1 aliphatic heterocycles. The third-order valence-electron chi connectivity index (χ3n) is 3.56. The van der Waals surface area contributed by atoms with E-state index in [1.807, 2.05) is 19.2 Å². The van der Waals surface area contributed by atoms with Crippen molar-refractivity contribution in [1.29, 1.82) is 0 Å². The van der Waals surface area contributed by atoms with Gasteiger partial charge in [0.2, 0.25) is 0 Å². The molecular formula is C13H20ClN3. The Balaban J connectivity index is 2.19. The van der Waals surface area contributed by atoms with Crippen molar-refractivity contribution in [3.8, 4) is 0 Å². The van der Waals surface area contributed by atoms with Crippen LogP contribution >= 0.6 is 11.6 Å². The average Bonchev–Trinajstić information content (AvgIpc) is 2.63. The molecule has 1 aromatic heterocycles. The molecule has 1 aliphatic rings. The lowest BCUT2D eigenvalue weighted by molar-refractivity contribution is 0.494. The predicted octanol–water partition coefficient (Wildman–Crippen LogP) is 2.55. The number of pyridine rings is 1. The summed E-state index contributed by atoms with van der Waals surface area (Å²) in [5.41, 5.74) is 0.930. The van der Waals surface area contributed by atoms with Gasteiger partial charge >= 0.3 is 0 Å². The first-order valence-electron chi connectivity index (χ1n) is 6.16. The zero-order chi connectivity index (χ0) is 12.4. The number of anilines is 1. The van der Waals surface area contributed by atoms with Crippen LogP contribution in [-0.2, 0) is 6.54 Å². The highest BCUT2D eigenvalue weighted by molar-refractivity contribution is 6.31. The highest BCUT2D eigenvalue weighted by Gasteiger charge is 2.27. The van der Waals surface area contributed by atoms with Crippen molar-refractivity contribution in [2.24, 2.45) is 11.8 Å². The van der Waals surface area contributed by atoms with E-state index in [4.69, 9.17) is 11.6 Å². The molecule has 0 bridgehead atoms. The summed E-state index contributed by atoms with van der Waals surface area (Å²) in [6.07, 6.45) is 0. The van der Waals surface area contributed by atoms with E-state index < -0.39 is 0 Å². The fraction of sp³-hybridized carbons (Fsp3) is 0.615. The molecule has 2 atom stereocenters. The normalized spacial score (nSPS) is 24.4. The van der Waals surface area contributed by atoms with E-state index in [1.165, 1.54) is 0 Å². The van der Waals surface area contributed by atoms with Gasteiger partial charge in [-0.25, -0.2) is 4.98 Å². The smallest absolute Gasteiger partial charge is 0.128 e. The van der Waals surface area contributed by atoms with E-state index in [1.54, 1.807) is 0 Å². The molecule has 1 saturated heterocycles. The van der Waals surface area contributed by atoms with E-state index in [9.17, 15) is 0 Å². The Hall–Kier alpha value is -0.800. The van der Waals surface area contributed by atoms with Gasteiger partial charge in [0.25, 0.3) is 0 Å².